The van der Waals surface area contributed by atoms with Crippen LogP contribution in [0.5, 0.6) is 0 Å². The predicted molar refractivity (Wildman–Crippen MR) is 95.0 cm³/mol. The van der Waals surface area contributed by atoms with Crippen LogP contribution in [0, 0.1) is 5.82 Å². The van der Waals surface area contributed by atoms with Crippen LogP contribution in [0.15, 0.2) is 24.3 Å². The number of piperidine rings is 1. The average Bonchev–Trinajstić information content (AvgIpc) is 3.17. The van der Waals surface area contributed by atoms with Gasteiger partial charge in [0.15, 0.2) is 0 Å². The monoisotopic (exact) mass is 349 g/mol. The number of ether oxygens (including phenoxy) is 1. The number of nitrogens with zero attached hydrogens (tertiary/aromatic N) is 2. The van der Waals surface area contributed by atoms with Gasteiger partial charge >= 0.3 is 6.03 Å². The van der Waals surface area contributed by atoms with Crippen LogP contribution in [0.2, 0.25) is 0 Å². The van der Waals surface area contributed by atoms with Gasteiger partial charge in [-0.1, -0.05) is 18.2 Å². The second kappa shape index (κ2) is 8.63. The molecule has 0 spiro atoms. The number of benzene rings is 1. The Kier molecular flexibility index (Phi) is 6.26. The molecule has 0 aromatic heterocycles. The van der Waals surface area contributed by atoms with Crippen molar-refractivity contribution < 1.29 is 13.9 Å². The van der Waals surface area contributed by atoms with E-state index in [-0.39, 0.29) is 24.0 Å². The zero-order valence-corrected chi connectivity index (χ0v) is 14.9. The fraction of sp³-hybridized carbons (Fsp3) is 0.632. The highest BCUT2D eigenvalue weighted by Crippen LogP contribution is 2.26. The smallest absolute Gasteiger partial charge is 0.317 e. The molecule has 1 aromatic rings. The van der Waals surface area contributed by atoms with E-state index in [9.17, 15) is 9.18 Å². The molecule has 5 nitrogen and oxygen atoms in total. The van der Waals surface area contributed by atoms with Gasteiger partial charge in [-0.3, -0.25) is 4.90 Å². The molecular weight excluding hydrogens is 321 g/mol. The Morgan fingerprint density at radius 3 is 2.56 bits per heavy atom. The Balaban J connectivity index is 1.61. The summed E-state index contributed by atoms with van der Waals surface area (Å²) < 4.78 is 19.6. The molecule has 1 aromatic carbocycles. The summed E-state index contributed by atoms with van der Waals surface area (Å²) in [4.78, 5) is 16.6. The number of carbonyl (C=O) groups is 1. The fourth-order valence-electron chi connectivity index (χ4n) is 3.82. The molecule has 2 saturated heterocycles. The summed E-state index contributed by atoms with van der Waals surface area (Å²) in [6.07, 6.45) is 4.24. The van der Waals surface area contributed by atoms with Crippen molar-refractivity contribution in [3.8, 4) is 0 Å². The zero-order valence-electron chi connectivity index (χ0n) is 14.9. The average molecular weight is 349 g/mol. The van der Waals surface area contributed by atoms with Gasteiger partial charge in [0.25, 0.3) is 0 Å². The van der Waals surface area contributed by atoms with Gasteiger partial charge in [-0.15, -0.1) is 0 Å². The van der Waals surface area contributed by atoms with E-state index < -0.39 is 0 Å². The molecule has 1 atom stereocenters. The normalized spacial score (nSPS) is 20.6. The standard InChI is InChI=1S/C19H28FN3O2/c1-25-15-8-12-23(13-9-15)19(24)21-14-18(22-10-4-5-11-22)16-6-2-3-7-17(16)20/h2-3,6-7,15,18H,4-5,8-14H2,1H3,(H,21,24). The minimum atomic E-state index is -0.199. The van der Waals surface area contributed by atoms with Gasteiger partial charge < -0.3 is 15.0 Å². The van der Waals surface area contributed by atoms with E-state index >= 15 is 0 Å². The van der Waals surface area contributed by atoms with E-state index in [0.29, 0.717) is 25.2 Å². The van der Waals surface area contributed by atoms with Crippen LogP contribution in [0.25, 0.3) is 0 Å². The third kappa shape index (κ3) is 4.50. The topological polar surface area (TPSA) is 44.8 Å². The first-order valence-corrected chi connectivity index (χ1v) is 9.23. The van der Waals surface area contributed by atoms with Crippen LogP contribution in [0.3, 0.4) is 0 Å². The largest absolute Gasteiger partial charge is 0.381 e. The number of methoxy groups -OCH3 is 1. The van der Waals surface area contributed by atoms with E-state index in [0.717, 1.165) is 38.8 Å². The molecule has 0 aliphatic carbocycles. The van der Waals surface area contributed by atoms with Crippen molar-refractivity contribution >= 4 is 6.03 Å². The lowest BCUT2D eigenvalue weighted by molar-refractivity contribution is 0.0501. The van der Waals surface area contributed by atoms with Gasteiger partial charge in [-0.25, -0.2) is 9.18 Å². The Labute approximate surface area is 149 Å². The van der Waals surface area contributed by atoms with Crippen LogP contribution in [-0.4, -0.2) is 61.8 Å². The van der Waals surface area contributed by atoms with Crippen molar-refractivity contribution in [2.75, 3.05) is 39.8 Å². The summed E-state index contributed by atoms with van der Waals surface area (Å²) >= 11 is 0. The van der Waals surface area contributed by atoms with Crippen LogP contribution in [0.4, 0.5) is 9.18 Å². The molecule has 138 valence electrons. The van der Waals surface area contributed by atoms with Crippen molar-refractivity contribution in [1.29, 1.82) is 0 Å². The minimum absolute atomic E-state index is 0.0601. The molecule has 2 fully saturated rings. The van der Waals surface area contributed by atoms with Crippen molar-refractivity contribution in [2.45, 2.75) is 37.8 Å². The maximum atomic E-state index is 14.3. The molecule has 3 rings (SSSR count). The van der Waals surface area contributed by atoms with E-state index in [1.54, 1.807) is 13.2 Å². The number of urea groups is 1. The number of rotatable bonds is 5. The van der Waals surface area contributed by atoms with Crippen molar-refractivity contribution in [3.05, 3.63) is 35.6 Å². The first-order chi connectivity index (χ1) is 12.2. The SMILES string of the molecule is COC1CCN(C(=O)NCC(c2ccccc2F)N2CCCC2)CC1. The van der Waals surface area contributed by atoms with Crippen molar-refractivity contribution in [3.63, 3.8) is 0 Å². The van der Waals surface area contributed by atoms with Gasteiger partial charge in [0.05, 0.1) is 12.1 Å². The maximum absolute atomic E-state index is 14.3. The second-order valence-corrected chi connectivity index (χ2v) is 6.89. The Morgan fingerprint density at radius 1 is 1.24 bits per heavy atom. The van der Waals surface area contributed by atoms with Gasteiger partial charge in [0.2, 0.25) is 0 Å². The molecule has 2 heterocycles. The minimum Gasteiger partial charge on any atom is -0.381 e. The van der Waals surface area contributed by atoms with E-state index in [4.69, 9.17) is 4.74 Å². The second-order valence-electron chi connectivity index (χ2n) is 6.89. The molecule has 2 aliphatic heterocycles. The van der Waals surface area contributed by atoms with Crippen molar-refractivity contribution in [2.24, 2.45) is 0 Å². The lowest BCUT2D eigenvalue weighted by Gasteiger charge is -2.33. The first kappa shape index (κ1) is 18.1. The van der Waals surface area contributed by atoms with Crippen LogP contribution in [0.1, 0.15) is 37.3 Å². The summed E-state index contributed by atoms with van der Waals surface area (Å²) in [7, 11) is 1.72. The third-order valence-electron chi connectivity index (χ3n) is 5.35. The van der Waals surface area contributed by atoms with Crippen molar-refractivity contribution in [1.82, 2.24) is 15.1 Å². The van der Waals surface area contributed by atoms with Crippen LogP contribution < -0.4 is 5.32 Å². The highest BCUT2D eigenvalue weighted by Gasteiger charge is 2.28. The molecule has 1 N–H and O–H groups in total. The lowest BCUT2D eigenvalue weighted by Crippen LogP contribution is -2.48. The predicted octanol–water partition coefficient (Wildman–Crippen LogP) is 2.78. The van der Waals surface area contributed by atoms with Gasteiger partial charge in [-0.05, 0) is 44.8 Å². The van der Waals surface area contributed by atoms with E-state index in [1.807, 2.05) is 17.0 Å². The number of halogens is 1. The van der Waals surface area contributed by atoms with Gasteiger partial charge in [-0.2, -0.15) is 0 Å². The number of hydrogen-bond acceptors (Lipinski definition) is 3. The molecule has 6 heteroatoms. The molecule has 0 saturated carbocycles. The summed E-state index contributed by atoms with van der Waals surface area (Å²) in [5.74, 6) is -0.199. The molecule has 25 heavy (non-hydrogen) atoms. The molecule has 0 bridgehead atoms. The fourth-order valence-corrected chi connectivity index (χ4v) is 3.82. The highest BCUT2D eigenvalue weighted by molar-refractivity contribution is 5.74. The van der Waals surface area contributed by atoms with E-state index in [1.165, 1.54) is 6.07 Å². The van der Waals surface area contributed by atoms with E-state index in [2.05, 4.69) is 10.2 Å². The molecule has 2 amide bonds. The molecular formula is C19H28FN3O2. The summed E-state index contributed by atoms with van der Waals surface area (Å²) in [5.41, 5.74) is 0.669. The Bertz CT molecular complexity index is 570. The Morgan fingerprint density at radius 2 is 1.92 bits per heavy atom. The molecule has 0 radical (unpaired) electrons. The number of carbonyl (C=O) groups excluding carboxylic acids is 1. The molecule has 1 unspecified atom stereocenters. The van der Waals surface area contributed by atoms with Gasteiger partial charge in [0.1, 0.15) is 5.82 Å². The number of hydrogen-bond donors (Lipinski definition) is 1. The first-order valence-electron chi connectivity index (χ1n) is 9.23. The van der Waals surface area contributed by atoms with Gasteiger partial charge in [0, 0.05) is 32.3 Å². The third-order valence-corrected chi connectivity index (χ3v) is 5.35. The lowest BCUT2D eigenvalue weighted by atomic mass is 10.0. The number of amides is 2. The number of likely N-dealkylation sites (tertiary alicyclic amines) is 2. The highest BCUT2D eigenvalue weighted by atomic mass is 19.1. The summed E-state index contributed by atoms with van der Waals surface area (Å²) in [5, 5.41) is 3.03. The zero-order chi connectivity index (χ0) is 17.6. The number of nitrogens with one attached hydrogen (secondary N) is 1. The molecule has 2 aliphatic rings. The van der Waals surface area contributed by atoms with Crippen LogP contribution in [-0.2, 0) is 4.74 Å². The summed E-state index contributed by atoms with van der Waals surface area (Å²) in [6.45, 7) is 3.75. The quantitative estimate of drug-likeness (QED) is 0.889. The van der Waals surface area contributed by atoms with Crippen LogP contribution >= 0.6 is 0 Å². The maximum Gasteiger partial charge on any atom is 0.317 e. The summed E-state index contributed by atoms with van der Waals surface area (Å²) in [6, 6.07) is 6.72. The Hall–Kier alpha value is -1.66.